The maximum atomic E-state index is 13.2. The highest BCUT2D eigenvalue weighted by molar-refractivity contribution is 9.10. The van der Waals surface area contributed by atoms with Gasteiger partial charge in [-0.05, 0) is 48.4 Å². The topological polar surface area (TPSA) is 17.1 Å². The van der Waals surface area contributed by atoms with Gasteiger partial charge in [0.15, 0.2) is 5.78 Å². The Balaban J connectivity index is 2.30. The summed E-state index contributed by atoms with van der Waals surface area (Å²) < 4.78 is 13.9. The number of aryl methyl sites for hydroxylation is 1. The summed E-state index contributed by atoms with van der Waals surface area (Å²) in [4.78, 5) is 12.2. The third kappa shape index (κ3) is 3.43. The Morgan fingerprint density at radius 2 is 2.00 bits per heavy atom. The molecule has 0 amide bonds. The summed E-state index contributed by atoms with van der Waals surface area (Å²) in [6.45, 7) is 1.86. The largest absolute Gasteiger partial charge is 0.294 e. The number of halogens is 3. The van der Waals surface area contributed by atoms with Crippen LogP contribution in [0, 0.1) is 12.7 Å². The molecule has 0 heterocycles. The zero-order valence-corrected chi connectivity index (χ0v) is 12.6. The molecule has 0 fully saturated rings. The van der Waals surface area contributed by atoms with Crippen LogP contribution < -0.4 is 0 Å². The Hall–Kier alpha value is -1.19. The van der Waals surface area contributed by atoms with Crippen molar-refractivity contribution in [3.05, 3.63) is 68.4 Å². The zero-order chi connectivity index (χ0) is 14.0. The average molecular weight is 342 g/mol. The van der Waals surface area contributed by atoms with Gasteiger partial charge < -0.3 is 0 Å². The second-order valence-electron chi connectivity index (χ2n) is 4.29. The highest BCUT2D eigenvalue weighted by Crippen LogP contribution is 2.23. The molecule has 0 aliphatic carbocycles. The van der Waals surface area contributed by atoms with E-state index in [0.29, 0.717) is 20.6 Å². The van der Waals surface area contributed by atoms with Crippen LogP contribution in [0.25, 0.3) is 0 Å². The molecular formula is C15H11BrClFO. The van der Waals surface area contributed by atoms with Crippen LogP contribution in [0.5, 0.6) is 0 Å². The summed E-state index contributed by atoms with van der Waals surface area (Å²) >= 11 is 9.21. The maximum absolute atomic E-state index is 13.2. The van der Waals surface area contributed by atoms with Gasteiger partial charge in [0.05, 0.1) is 0 Å². The molecule has 0 aliphatic rings. The van der Waals surface area contributed by atoms with E-state index in [9.17, 15) is 9.18 Å². The molecule has 2 aromatic carbocycles. The molecule has 0 radical (unpaired) electrons. The molecule has 0 saturated carbocycles. The van der Waals surface area contributed by atoms with Crippen molar-refractivity contribution in [2.24, 2.45) is 0 Å². The molecule has 19 heavy (non-hydrogen) atoms. The highest BCUT2D eigenvalue weighted by atomic mass is 79.9. The predicted molar refractivity (Wildman–Crippen MR) is 78.3 cm³/mol. The van der Waals surface area contributed by atoms with E-state index < -0.39 is 0 Å². The molecule has 0 bridgehead atoms. The first kappa shape index (κ1) is 14.2. The van der Waals surface area contributed by atoms with E-state index in [2.05, 4.69) is 15.9 Å². The molecule has 0 atom stereocenters. The number of hydrogen-bond donors (Lipinski definition) is 0. The van der Waals surface area contributed by atoms with E-state index in [1.54, 1.807) is 24.3 Å². The van der Waals surface area contributed by atoms with Crippen LogP contribution in [0.15, 0.2) is 40.9 Å². The lowest BCUT2D eigenvalue weighted by molar-refractivity contribution is 0.0992. The molecule has 98 valence electrons. The minimum Gasteiger partial charge on any atom is -0.294 e. The van der Waals surface area contributed by atoms with Gasteiger partial charge in [0.1, 0.15) is 5.82 Å². The smallest absolute Gasteiger partial charge is 0.168 e. The van der Waals surface area contributed by atoms with Gasteiger partial charge in [0.2, 0.25) is 0 Å². The van der Waals surface area contributed by atoms with Crippen molar-refractivity contribution in [2.75, 3.05) is 0 Å². The quantitative estimate of drug-likeness (QED) is 0.720. The zero-order valence-electron chi connectivity index (χ0n) is 10.2. The summed E-state index contributed by atoms with van der Waals surface area (Å²) in [5.74, 6) is -0.429. The normalized spacial score (nSPS) is 10.5. The number of hydrogen-bond acceptors (Lipinski definition) is 1. The number of rotatable bonds is 3. The first-order valence-corrected chi connectivity index (χ1v) is 6.88. The van der Waals surface area contributed by atoms with E-state index in [1.807, 2.05) is 6.92 Å². The molecule has 0 saturated heterocycles. The number of carbonyl (C=O) groups excluding carboxylic acids is 1. The van der Waals surface area contributed by atoms with Gasteiger partial charge in [0.25, 0.3) is 0 Å². The van der Waals surface area contributed by atoms with Crippen LogP contribution in [0.4, 0.5) is 4.39 Å². The Kier molecular flexibility index (Phi) is 4.38. The van der Waals surface area contributed by atoms with E-state index in [4.69, 9.17) is 11.6 Å². The molecule has 0 spiro atoms. The monoisotopic (exact) mass is 340 g/mol. The number of carbonyl (C=O) groups is 1. The van der Waals surface area contributed by atoms with Crippen LogP contribution in [0.3, 0.4) is 0 Å². The lowest BCUT2D eigenvalue weighted by atomic mass is 9.99. The van der Waals surface area contributed by atoms with Crippen molar-refractivity contribution in [1.29, 1.82) is 0 Å². The number of ketones is 1. The van der Waals surface area contributed by atoms with Crippen molar-refractivity contribution in [3.8, 4) is 0 Å². The van der Waals surface area contributed by atoms with Gasteiger partial charge in [-0.2, -0.15) is 0 Å². The Morgan fingerprint density at radius 1 is 1.26 bits per heavy atom. The lowest BCUT2D eigenvalue weighted by Crippen LogP contribution is -2.06. The van der Waals surface area contributed by atoms with Crippen LogP contribution in [0.1, 0.15) is 21.5 Å². The first-order chi connectivity index (χ1) is 8.97. The molecule has 0 N–H and O–H groups in total. The van der Waals surface area contributed by atoms with Crippen molar-refractivity contribution in [3.63, 3.8) is 0 Å². The van der Waals surface area contributed by atoms with Gasteiger partial charge >= 0.3 is 0 Å². The molecular weight excluding hydrogens is 331 g/mol. The minimum absolute atomic E-state index is 0.0944. The van der Waals surface area contributed by atoms with Crippen molar-refractivity contribution >= 4 is 33.3 Å². The Labute approximate surface area is 124 Å². The van der Waals surface area contributed by atoms with Crippen molar-refractivity contribution in [1.82, 2.24) is 0 Å². The highest BCUT2D eigenvalue weighted by Gasteiger charge is 2.13. The molecule has 0 aliphatic heterocycles. The number of Topliss-reactive ketones (excluding diaryl/α,β-unsaturated/α-hetero) is 1. The molecule has 1 nitrogen and oxygen atoms in total. The van der Waals surface area contributed by atoms with E-state index >= 15 is 0 Å². The Morgan fingerprint density at radius 3 is 2.74 bits per heavy atom. The summed E-state index contributed by atoms with van der Waals surface area (Å²) in [6, 6.07) is 9.50. The minimum atomic E-state index is -0.335. The fraction of sp³-hybridized carbons (Fsp3) is 0.133. The third-order valence-corrected chi connectivity index (χ3v) is 3.82. The van der Waals surface area contributed by atoms with E-state index in [-0.39, 0.29) is 18.0 Å². The summed E-state index contributed by atoms with van der Waals surface area (Å²) in [5, 5.41) is 0.502. The first-order valence-electron chi connectivity index (χ1n) is 5.70. The van der Waals surface area contributed by atoms with Crippen LogP contribution >= 0.6 is 27.5 Å². The van der Waals surface area contributed by atoms with Crippen LogP contribution in [0.2, 0.25) is 5.02 Å². The Bertz CT molecular complexity index is 640. The molecule has 0 unspecified atom stereocenters. The molecule has 2 aromatic rings. The molecule has 2 rings (SSSR count). The summed E-state index contributed by atoms with van der Waals surface area (Å²) in [7, 11) is 0. The van der Waals surface area contributed by atoms with E-state index in [1.165, 1.54) is 12.1 Å². The second kappa shape index (κ2) is 5.85. The molecule has 4 heteroatoms. The van der Waals surface area contributed by atoms with Crippen molar-refractivity contribution < 1.29 is 9.18 Å². The lowest BCUT2D eigenvalue weighted by Gasteiger charge is -2.07. The maximum Gasteiger partial charge on any atom is 0.168 e. The summed E-state index contributed by atoms with van der Waals surface area (Å²) in [6.07, 6.45) is 0.155. The van der Waals surface area contributed by atoms with Crippen molar-refractivity contribution in [2.45, 2.75) is 13.3 Å². The fourth-order valence-corrected chi connectivity index (χ4v) is 2.45. The average Bonchev–Trinajstić information content (AvgIpc) is 2.36. The van der Waals surface area contributed by atoms with Gasteiger partial charge in [-0.3, -0.25) is 4.79 Å². The van der Waals surface area contributed by atoms with Crippen LogP contribution in [-0.4, -0.2) is 5.78 Å². The number of benzene rings is 2. The third-order valence-electron chi connectivity index (χ3n) is 2.89. The van der Waals surface area contributed by atoms with Gasteiger partial charge in [0, 0.05) is 21.5 Å². The SMILES string of the molecule is Cc1ccc(F)cc1CC(=O)c1cc(Cl)ccc1Br. The van der Waals surface area contributed by atoms with Crippen LogP contribution in [-0.2, 0) is 6.42 Å². The predicted octanol–water partition coefficient (Wildman–Crippen LogP) is 4.98. The standard InChI is InChI=1S/C15H11BrClFO/c1-9-2-4-12(18)6-10(9)7-15(19)13-8-11(17)3-5-14(13)16/h2-6,8H,7H2,1H3. The van der Waals surface area contributed by atoms with Gasteiger partial charge in [-0.1, -0.05) is 33.6 Å². The molecule has 0 aromatic heterocycles. The van der Waals surface area contributed by atoms with Gasteiger partial charge in [-0.15, -0.1) is 0 Å². The van der Waals surface area contributed by atoms with Gasteiger partial charge in [-0.25, -0.2) is 4.39 Å². The summed E-state index contributed by atoms with van der Waals surface area (Å²) in [5.41, 5.74) is 2.10. The fourth-order valence-electron chi connectivity index (χ4n) is 1.81. The van der Waals surface area contributed by atoms with E-state index in [0.717, 1.165) is 5.56 Å². The second-order valence-corrected chi connectivity index (χ2v) is 5.59.